The number of aromatic hydroxyl groups is 1. The standard InChI is InChI=1S/C32H38O6/c1-8-22(4)38-32-29(35-6)19-26(20-30(32)36-7)16-14-24-11-9-23(10-12-24)13-15-25-17-27(33)31(37-21(2)3)28(18-25)34-5/h9-22,33H,8H2,1-7H3/b15-13+,16-14+. The van der Waals surface area contributed by atoms with Crippen LogP contribution < -0.4 is 23.7 Å². The van der Waals surface area contributed by atoms with Crippen LogP contribution in [0.5, 0.6) is 34.5 Å². The van der Waals surface area contributed by atoms with E-state index >= 15 is 0 Å². The van der Waals surface area contributed by atoms with Gasteiger partial charge < -0.3 is 28.8 Å². The molecule has 0 aliphatic carbocycles. The lowest BCUT2D eigenvalue weighted by Crippen LogP contribution is -2.11. The summed E-state index contributed by atoms with van der Waals surface area (Å²) in [4.78, 5) is 0. The zero-order valence-corrected chi connectivity index (χ0v) is 23.3. The molecule has 1 atom stereocenters. The van der Waals surface area contributed by atoms with Gasteiger partial charge in [-0.05, 0) is 73.7 Å². The van der Waals surface area contributed by atoms with Gasteiger partial charge in [0.05, 0.1) is 33.5 Å². The van der Waals surface area contributed by atoms with Gasteiger partial charge in [-0.1, -0.05) is 55.5 Å². The maximum atomic E-state index is 10.4. The molecular weight excluding hydrogens is 480 g/mol. The van der Waals surface area contributed by atoms with E-state index in [-0.39, 0.29) is 18.0 Å². The van der Waals surface area contributed by atoms with Crippen molar-refractivity contribution in [2.45, 2.75) is 46.3 Å². The monoisotopic (exact) mass is 518 g/mol. The lowest BCUT2D eigenvalue weighted by atomic mass is 10.1. The number of ether oxygens (including phenoxy) is 5. The Kier molecular flexibility index (Phi) is 10.1. The maximum absolute atomic E-state index is 10.4. The maximum Gasteiger partial charge on any atom is 0.203 e. The number of phenols is 1. The topological polar surface area (TPSA) is 66.4 Å². The summed E-state index contributed by atoms with van der Waals surface area (Å²) in [5.74, 6) is 2.78. The Morgan fingerprint density at radius 3 is 1.47 bits per heavy atom. The van der Waals surface area contributed by atoms with E-state index in [0.717, 1.165) is 28.7 Å². The Balaban J connectivity index is 1.75. The Morgan fingerprint density at radius 1 is 0.632 bits per heavy atom. The van der Waals surface area contributed by atoms with Crippen LogP contribution in [-0.2, 0) is 0 Å². The van der Waals surface area contributed by atoms with Gasteiger partial charge in [0.25, 0.3) is 0 Å². The first kappa shape index (κ1) is 28.5. The molecule has 0 bridgehead atoms. The van der Waals surface area contributed by atoms with Crippen molar-refractivity contribution in [2.24, 2.45) is 0 Å². The van der Waals surface area contributed by atoms with Crippen molar-refractivity contribution in [2.75, 3.05) is 21.3 Å². The van der Waals surface area contributed by atoms with Crippen LogP contribution in [0.2, 0.25) is 0 Å². The summed E-state index contributed by atoms with van der Waals surface area (Å²) in [6.45, 7) is 7.90. The van der Waals surface area contributed by atoms with E-state index in [2.05, 4.69) is 6.92 Å². The minimum atomic E-state index is -0.0733. The van der Waals surface area contributed by atoms with Crippen molar-refractivity contribution in [1.82, 2.24) is 0 Å². The SMILES string of the molecule is CCC(C)Oc1c(OC)cc(/C=C/c2ccc(/C=C/c3cc(O)c(OC(C)C)c(OC)c3)cc2)cc1OC. The van der Waals surface area contributed by atoms with Crippen molar-refractivity contribution in [1.29, 1.82) is 0 Å². The molecule has 0 saturated heterocycles. The quantitative estimate of drug-likeness (QED) is 0.248. The van der Waals surface area contributed by atoms with Gasteiger partial charge in [0.15, 0.2) is 23.0 Å². The Morgan fingerprint density at radius 2 is 1.05 bits per heavy atom. The molecule has 1 unspecified atom stereocenters. The molecule has 0 amide bonds. The fourth-order valence-corrected chi connectivity index (χ4v) is 3.71. The fraction of sp³-hybridized carbons (Fsp3) is 0.312. The van der Waals surface area contributed by atoms with Gasteiger partial charge in [0, 0.05) is 0 Å². The highest BCUT2D eigenvalue weighted by Crippen LogP contribution is 2.40. The first-order valence-corrected chi connectivity index (χ1v) is 12.7. The summed E-state index contributed by atoms with van der Waals surface area (Å²) in [7, 11) is 4.81. The molecule has 0 radical (unpaired) electrons. The number of rotatable bonds is 12. The molecular formula is C32H38O6. The third-order valence-electron chi connectivity index (χ3n) is 5.88. The Labute approximate surface area is 226 Å². The molecule has 0 spiro atoms. The number of hydrogen-bond acceptors (Lipinski definition) is 6. The summed E-state index contributed by atoms with van der Waals surface area (Å²) < 4.78 is 28.3. The van der Waals surface area contributed by atoms with Crippen molar-refractivity contribution in [3.05, 3.63) is 70.8 Å². The van der Waals surface area contributed by atoms with Crippen LogP contribution in [-0.4, -0.2) is 38.6 Å². The van der Waals surface area contributed by atoms with E-state index < -0.39 is 0 Å². The molecule has 0 aliphatic rings. The second-order valence-corrected chi connectivity index (χ2v) is 9.16. The van der Waals surface area contributed by atoms with Crippen LogP contribution in [0, 0.1) is 0 Å². The second kappa shape index (κ2) is 13.5. The minimum Gasteiger partial charge on any atom is -0.504 e. The van der Waals surface area contributed by atoms with Crippen molar-refractivity contribution >= 4 is 24.3 Å². The van der Waals surface area contributed by atoms with Gasteiger partial charge in [0.2, 0.25) is 11.5 Å². The number of benzene rings is 3. The van der Waals surface area contributed by atoms with Crippen molar-refractivity contribution in [3.8, 4) is 34.5 Å². The van der Waals surface area contributed by atoms with E-state index in [1.807, 2.05) is 87.5 Å². The van der Waals surface area contributed by atoms with Crippen LogP contribution in [0.3, 0.4) is 0 Å². The largest absolute Gasteiger partial charge is 0.504 e. The van der Waals surface area contributed by atoms with E-state index in [1.165, 1.54) is 0 Å². The van der Waals surface area contributed by atoms with E-state index in [1.54, 1.807) is 27.4 Å². The van der Waals surface area contributed by atoms with E-state index in [9.17, 15) is 5.11 Å². The van der Waals surface area contributed by atoms with Gasteiger partial charge in [-0.2, -0.15) is 0 Å². The molecule has 0 aromatic heterocycles. The molecule has 3 aromatic carbocycles. The van der Waals surface area contributed by atoms with Crippen molar-refractivity contribution < 1.29 is 28.8 Å². The molecule has 1 N–H and O–H groups in total. The normalized spacial score (nSPS) is 12.2. The Bertz CT molecular complexity index is 1230. The lowest BCUT2D eigenvalue weighted by Gasteiger charge is -2.18. The average molecular weight is 519 g/mol. The molecule has 3 aromatic rings. The van der Waals surface area contributed by atoms with Crippen LogP contribution in [0.25, 0.3) is 24.3 Å². The van der Waals surface area contributed by atoms with Gasteiger partial charge in [-0.15, -0.1) is 0 Å². The lowest BCUT2D eigenvalue weighted by molar-refractivity contribution is 0.198. The van der Waals surface area contributed by atoms with Crippen LogP contribution in [0.4, 0.5) is 0 Å². The molecule has 0 fully saturated rings. The first-order chi connectivity index (χ1) is 18.3. The first-order valence-electron chi connectivity index (χ1n) is 12.7. The number of hydrogen-bond donors (Lipinski definition) is 1. The molecule has 3 rings (SSSR count). The summed E-state index contributed by atoms with van der Waals surface area (Å²) in [5, 5.41) is 10.4. The second-order valence-electron chi connectivity index (χ2n) is 9.16. The fourth-order valence-electron chi connectivity index (χ4n) is 3.71. The van der Waals surface area contributed by atoms with Gasteiger partial charge in [0.1, 0.15) is 0 Å². The molecule has 202 valence electrons. The minimum absolute atomic E-state index is 0.0471. The van der Waals surface area contributed by atoms with Crippen molar-refractivity contribution in [3.63, 3.8) is 0 Å². The Hall–Kier alpha value is -4.06. The highest BCUT2D eigenvalue weighted by Gasteiger charge is 2.16. The van der Waals surface area contributed by atoms with Crippen LogP contribution in [0.1, 0.15) is 56.4 Å². The van der Waals surface area contributed by atoms with Gasteiger partial charge in [-0.3, -0.25) is 0 Å². The zero-order chi connectivity index (χ0) is 27.7. The van der Waals surface area contributed by atoms with Gasteiger partial charge in [-0.25, -0.2) is 0 Å². The smallest absolute Gasteiger partial charge is 0.203 e. The van der Waals surface area contributed by atoms with Crippen LogP contribution >= 0.6 is 0 Å². The summed E-state index contributed by atoms with van der Waals surface area (Å²) in [6.07, 6.45) is 8.82. The van der Waals surface area contributed by atoms with Gasteiger partial charge >= 0.3 is 0 Å². The van der Waals surface area contributed by atoms with Crippen LogP contribution in [0.15, 0.2) is 48.5 Å². The predicted molar refractivity (Wildman–Crippen MR) is 155 cm³/mol. The molecule has 6 nitrogen and oxygen atoms in total. The highest BCUT2D eigenvalue weighted by molar-refractivity contribution is 5.75. The molecule has 0 heterocycles. The third kappa shape index (κ3) is 7.48. The number of phenolic OH excluding ortho intramolecular Hbond substituents is 1. The summed E-state index contributed by atoms with van der Waals surface area (Å²) in [5.41, 5.74) is 3.83. The zero-order valence-electron chi connectivity index (χ0n) is 23.3. The van der Waals surface area contributed by atoms with E-state index in [4.69, 9.17) is 23.7 Å². The predicted octanol–water partition coefficient (Wildman–Crippen LogP) is 7.72. The summed E-state index contributed by atoms with van der Waals surface area (Å²) in [6, 6.07) is 15.5. The average Bonchev–Trinajstić information content (AvgIpc) is 2.92. The third-order valence-corrected chi connectivity index (χ3v) is 5.88. The van der Waals surface area contributed by atoms with E-state index in [0.29, 0.717) is 28.7 Å². The molecule has 0 saturated carbocycles. The highest BCUT2D eigenvalue weighted by atomic mass is 16.5. The molecule has 38 heavy (non-hydrogen) atoms. The number of methoxy groups -OCH3 is 3. The summed E-state index contributed by atoms with van der Waals surface area (Å²) >= 11 is 0. The molecule has 6 heteroatoms. The molecule has 0 aliphatic heterocycles.